The van der Waals surface area contributed by atoms with E-state index >= 15 is 0 Å². The van der Waals surface area contributed by atoms with E-state index < -0.39 is 0 Å². The van der Waals surface area contributed by atoms with E-state index in [2.05, 4.69) is 26.1 Å². The van der Waals surface area contributed by atoms with E-state index in [1.54, 1.807) is 7.05 Å². The first-order chi connectivity index (χ1) is 6.87. The molecule has 3 N–H and O–H groups in total. The van der Waals surface area contributed by atoms with E-state index in [-0.39, 0.29) is 11.9 Å². The van der Waals surface area contributed by atoms with Gasteiger partial charge in [-0.05, 0) is 25.3 Å². The van der Waals surface area contributed by atoms with Crippen LogP contribution in [0.15, 0.2) is 0 Å². The summed E-state index contributed by atoms with van der Waals surface area (Å²) in [6.07, 6.45) is 1.66. The van der Waals surface area contributed by atoms with Crippen LogP contribution in [0.25, 0.3) is 0 Å². The highest BCUT2D eigenvalue weighted by Gasteiger charge is 2.13. The van der Waals surface area contributed by atoms with Crippen LogP contribution < -0.4 is 11.1 Å². The predicted octanol–water partition coefficient (Wildman–Crippen LogP) is 0.903. The molecular formula is C11H24N2O2. The second-order valence-electron chi connectivity index (χ2n) is 4.96. The summed E-state index contributed by atoms with van der Waals surface area (Å²) in [5.74, 6) is -0.322. The van der Waals surface area contributed by atoms with Gasteiger partial charge in [-0.25, -0.2) is 0 Å². The summed E-state index contributed by atoms with van der Waals surface area (Å²) in [6, 6.07) is -0.278. The van der Waals surface area contributed by atoms with E-state index in [4.69, 9.17) is 10.5 Å². The van der Waals surface area contributed by atoms with Gasteiger partial charge >= 0.3 is 0 Å². The zero-order valence-corrected chi connectivity index (χ0v) is 10.3. The van der Waals surface area contributed by atoms with Gasteiger partial charge < -0.3 is 15.8 Å². The molecule has 4 nitrogen and oxygen atoms in total. The van der Waals surface area contributed by atoms with E-state index in [9.17, 15) is 4.79 Å². The molecule has 0 fully saturated rings. The van der Waals surface area contributed by atoms with Crippen molar-refractivity contribution in [3.8, 4) is 0 Å². The molecule has 0 heterocycles. The van der Waals surface area contributed by atoms with Gasteiger partial charge in [0.2, 0.25) is 5.91 Å². The minimum Gasteiger partial charge on any atom is -0.381 e. The Morgan fingerprint density at radius 1 is 1.40 bits per heavy atom. The average molecular weight is 216 g/mol. The Labute approximate surface area is 92.6 Å². The van der Waals surface area contributed by atoms with Crippen LogP contribution in [0.4, 0.5) is 0 Å². The van der Waals surface area contributed by atoms with Gasteiger partial charge in [-0.3, -0.25) is 4.79 Å². The first kappa shape index (κ1) is 14.4. The number of likely N-dealkylation sites (N-methyl/N-ethyl adjacent to an activating group) is 1. The normalized spacial score (nSPS) is 13.9. The van der Waals surface area contributed by atoms with Gasteiger partial charge in [0.05, 0.1) is 6.04 Å². The van der Waals surface area contributed by atoms with Gasteiger partial charge in [0.1, 0.15) is 0 Å². The summed E-state index contributed by atoms with van der Waals surface area (Å²) in [6.45, 7) is 7.84. The van der Waals surface area contributed by atoms with Crippen molar-refractivity contribution in [1.82, 2.24) is 5.32 Å². The van der Waals surface area contributed by atoms with Crippen LogP contribution in [0.5, 0.6) is 0 Å². The molecule has 0 aromatic rings. The van der Waals surface area contributed by atoms with Crippen molar-refractivity contribution in [2.45, 2.75) is 39.7 Å². The number of nitrogens with one attached hydrogen (secondary N) is 1. The van der Waals surface area contributed by atoms with Gasteiger partial charge in [0, 0.05) is 13.2 Å². The number of carbonyl (C=O) groups excluding carboxylic acids is 1. The van der Waals surface area contributed by atoms with Crippen LogP contribution in [0.1, 0.15) is 33.6 Å². The van der Waals surface area contributed by atoms with Gasteiger partial charge in [0.15, 0.2) is 0 Å². The largest absolute Gasteiger partial charge is 0.381 e. The fourth-order valence-corrected chi connectivity index (χ4v) is 1.11. The van der Waals surface area contributed by atoms with Gasteiger partial charge in [-0.15, -0.1) is 0 Å². The molecule has 1 amide bonds. The number of carbonyl (C=O) groups is 1. The zero-order chi connectivity index (χ0) is 11.9. The third kappa shape index (κ3) is 8.39. The SMILES string of the molecule is CNC(CCOCCC(C)(C)C)C(N)=O. The fourth-order valence-electron chi connectivity index (χ4n) is 1.11. The van der Waals surface area contributed by atoms with Crippen LogP contribution in [-0.2, 0) is 9.53 Å². The second kappa shape index (κ2) is 6.80. The zero-order valence-electron chi connectivity index (χ0n) is 10.3. The number of primary amides is 1. The molecule has 15 heavy (non-hydrogen) atoms. The lowest BCUT2D eigenvalue weighted by atomic mass is 9.93. The van der Waals surface area contributed by atoms with E-state index in [0.717, 1.165) is 13.0 Å². The summed E-state index contributed by atoms with van der Waals surface area (Å²) in [7, 11) is 1.73. The molecule has 0 rings (SSSR count). The smallest absolute Gasteiger partial charge is 0.234 e. The second-order valence-corrected chi connectivity index (χ2v) is 4.96. The highest BCUT2D eigenvalue weighted by molar-refractivity contribution is 5.79. The Bertz CT molecular complexity index is 188. The van der Waals surface area contributed by atoms with Crippen molar-refractivity contribution in [3.05, 3.63) is 0 Å². The van der Waals surface area contributed by atoms with Crippen molar-refractivity contribution in [2.75, 3.05) is 20.3 Å². The number of rotatable bonds is 7. The molecule has 0 radical (unpaired) electrons. The topological polar surface area (TPSA) is 64.3 Å². The Morgan fingerprint density at radius 2 is 2.00 bits per heavy atom. The minimum absolute atomic E-state index is 0.278. The maximum Gasteiger partial charge on any atom is 0.234 e. The summed E-state index contributed by atoms with van der Waals surface area (Å²) in [4.78, 5) is 10.9. The molecule has 0 aliphatic carbocycles. The summed E-state index contributed by atoms with van der Waals surface area (Å²) < 4.78 is 5.44. The van der Waals surface area contributed by atoms with Gasteiger partial charge in [-0.1, -0.05) is 20.8 Å². The Kier molecular flexibility index (Phi) is 6.52. The number of ether oxygens (including phenoxy) is 1. The van der Waals surface area contributed by atoms with Crippen LogP contribution in [0.2, 0.25) is 0 Å². The maximum atomic E-state index is 10.9. The van der Waals surface area contributed by atoms with Crippen molar-refractivity contribution < 1.29 is 9.53 Å². The monoisotopic (exact) mass is 216 g/mol. The molecule has 1 unspecified atom stereocenters. The lowest BCUT2D eigenvalue weighted by molar-refractivity contribution is -0.120. The standard InChI is InChI=1S/C11H24N2O2/c1-11(2,3)6-8-15-7-5-9(13-4)10(12)14/h9,13H,5-8H2,1-4H3,(H2,12,14). The molecule has 0 bridgehead atoms. The molecule has 90 valence electrons. The molecular weight excluding hydrogens is 192 g/mol. The Morgan fingerprint density at radius 3 is 2.40 bits per heavy atom. The summed E-state index contributed by atoms with van der Waals surface area (Å²) in [5.41, 5.74) is 5.47. The van der Waals surface area contributed by atoms with Crippen LogP contribution in [0.3, 0.4) is 0 Å². The van der Waals surface area contributed by atoms with Crippen molar-refractivity contribution in [3.63, 3.8) is 0 Å². The molecule has 0 aromatic carbocycles. The molecule has 4 heteroatoms. The Balaban J connectivity index is 3.49. The number of nitrogens with two attached hydrogens (primary N) is 1. The molecule has 0 saturated carbocycles. The third-order valence-corrected chi connectivity index (χ3v) is 2.24. The lowest BCUT2D eigenvalue weighted by Crippen LogP contribution is -2.39. The quantitative estimate of drug-likeness (QED) is 0.622. The molecule has 0 aromatic heterocycles. The fraction of sp³-hybridized carbons (Fsp3) is 0.909. The van der Waals surface area contributed by atoms with Crippen LogP contribution >= 0.6 is 0 Å². The van der Waals surface area contributed by atoms with E-state index in [0.29, 0.717) is 18.4 Å². The van der Waals surface area contributed by atoms with Gasteiger partial charge in [-0.2, -0.15) is 0 Å². The lowest BCUT2D eigenvalue weighted by Gasteiger charge is -2.18. The molecule has 0 aliphatic heterocycles. The maximum absolute atomic E-state index is 10.9. The molecule has 1 atom stereocenters. The van der Waals surface area contributed by atoms with Crippen molar-refractivity contribution in [2.24, 2.45) is 11.1 Å². The van der Waals surface area contributed by atoms with E-state index in [1.165, 1.54) is 0 Å². The van der Waals surface area contributed by atoms with Crippen LogP contribution in [0, 0.1) is 5.41 Å². The average Bonchev–Trinajstić information content (AvgIpc) is 2.08. The summed E-state index contributed by atoms with van der Waals surface area (Å²) in [5, 5.41) is 2.85. The molecule has 0 aliphatic rings. The van der Waals surface area contributed by atoms with Crippen LogP contribution in [-0.4, -0.2) is 32.2 Å². The van der Waals surface area contributed by atoms with Gasteiger partial charge in [0.25, 0.3) is 0 Å². The summed E-state index contributed by atoms with van der Waals surface area (Å²) >= 11 is 0. The Hall–Kier alpha value is -0.610. The first-order valence-electron chi connectivity index (χ1n) is 5.41. The van der Waals surface area contributed by atoms with E-state index in [1.807, 2.05) is 0 Å². The third-order valence-electron chi connectivity index (χ3n) is 2.24. The number of amides is 1. The first-order valence-corrected chi connectivity index (χ1v) is 5.41. The molecule has 0 saturated heterocycles. The highest BCUT2D eigenvalue weighted by Crippen LogP contribution is 2.17. The van der Waals surface area contributed by atoms with Crippen molar-refractivity contribution >= 4 is 5.91 Å². The number of hydrogen-bond donors (Lipinski definition) is 2. The molecule has 0 spiro atoms. The predicted molar refractivity (Wildman–Crippen MR) is 61.6 cm³/mol. The highest BCUT2D eigenvalue weighted by atomic mass is 16.5. The van der Waals surface area contributed by atoms with Crippen molar-refractivity contribution in [1.29, 1.82) is 0 Å². The number of hydrogen-bond acceptors (Lipinski definition) is 3. The minimum atomic E-state index is -0.322.